The molecule has 0 aliphatic carbocycles. The van der Waals surface area contributed by atoms with Crippen LogP contribution in [0.1, 0.15) is 29.5 Å². The van der Waals surface area contributed by atoms with E-state index in [2.05, 4.69) is 46.6 Å². The van der Waals surface area contributed by atoms with Crippen molar-refractivity contribution in [2.75, 3.05) is 19.6 Å². The zero-order valence-corrected chi connectivity index (χ0v) is 13.5. The van der Waals surface area contributed by atoms with E-state index < -0.39 is 0 Å². The molecule has 2 aliphatic rings. The third kappa shape index (κ3) is 2.87. The number of nitrogens with one attached hydrogen (secondary N) is 1. The molecule has 0 unspecified atom stereocenters. The molecule has 2 aliphatic heterocycles. The highest BCUT2D eigenvalue weighted by Gasteiger charge is 2.39. The quantitative estimate of drug-likeness (QED) is 0.895. The van der Waals surface area contributed by atoms with Gasteiger partial charge in [-0.3, -0.25) is 4.90 Å². The van der Waals surface area contributed by atoms with Crippen LogP contribution >= 0.6 is 0 Å². The summed E-state index contributed by atoms with van der Waals surface area (Å²) < 4.78 is 0. The SMILES string of the molecule is Oc1ccc2c(c1)CCNC21CCN(Cc2ccccc2)CC1. The molecule has 0 aromatic heterocycles. The molecule has 0 amide bonds. The highest BCUT2D eigenvalue weighted by molar-refractivity contribution is 5.41. The van der Waals surface area contributed by atoms with Gasteiger partial charge in [-0.05, 0) is 48.1 Å². The summed E-state index contributed by atoms with van der Waals surface area (Å²) >= 11 is 0. The number of piperidine rings is 1. The largest absolute Gasteiger partial charge is 0.508 e. The van der Waals surface area contributed by atoms with Gasteiger partial charge in [-0.25, -0.2) is 0 Å². The molecule has 4 rings (SSSR count). The van der Waals surface area contributed by atoms with Gasteiger partial charge < -0.3 is 10.4 Å². The monoisotopic (exact) mass is 308 g/mol. The fraction of sp³-hybridized carbons (Fsp3) is 0.400. The van der Waals surface area contributed by atoms with E-state index in [9.17, 15) is 5.11 Å². The average Bonchev–Trinajstić information content (AvgIpc) is 2.58. The van der Waals surface area contributed by atoms with Crippen LogP contribution in [-0.4, -0.2) is 29.6 Å². The van der Waals surface area contributed by atoms with Gasteiger partial charge in [0.1, 0.15) is 5.75 Å². The van der Waals surface area contributed by atoms with Gasteiger partial charge in [0.2, 0.25) is 0 Å². The number of phenols is 1. The number of benzene rings is 2. The molecule has 3 nitrogen and oxygen atoms in total. The first kappa shape index (κ1) is 14.7. The minimum Gasteiger partial charge on any atom is -0.508 e. The van der Waals surface area contributed by atoms with Crippen molar-refractivity contribution in [1.29, 1.82) is 0 Å². The number of fused-ring (bicyclic) bond motifs is 2. The van der Waals surface area contributed by atoms with Gasteiger partial charge in [-0.2, -0.15) is 0 Å². The number of likely N-dealkylation sites (tertiary alicyclic amines) is 1. The molecule has 23 heavy (non-hydrogen) atoms. The molecule has 1 saturated heterocycles. The summed E-state index contributed by atoms with van der Waals surface area (Å²) in [4.78, 5) is 2.55. The molecule has 120 valence electrons. The Morgan fingerprint density at radius 1 is 1.04 bits per heavy atom. The molecule has 2 aromatic rings. The third-order valence-electron chi connectivity index (χ3n) is 5.42. The van der Waals surface area contributed by atoms with Crippen molar-refractivity contribution in [3.05, 3.63) is 65.2 Å². The molecule has 0 radical (unpaired) electrons. The van der Waals surface area contributed by atoms with Crippen LogP contribution in [0.4, 0.5) is 0 Å². The van der Waals surface area contributed by atoms with E-state index in [0.717, 1.165) is 45.4 Å². The number of nitrogens with zero attached hydrogens (tertiary/aromatic N) is 1. The van der Waals surface area contributed by atoms with Crippen LogP contribution in [0, 0.1) is 0 Å². The van der Waals surface area contributed by atoms with Crippen molar-refractivity contribution < 1.29 is 5.11 Å². The van der Waals surface area contributed by atoms with Crippen molar-refractivity contribution in [2.45, 2.75) is 31.3 Å². The lowest BCUT2D eigenvalue weighted by Gasteiger charge is -2.46. The molecule has 2 N–H and O–H groups in total. The second-order valence-corrected chi connectivity index (χ2v) is 6.86. The molecule has 3 heteroatoms. The van der Waals surface area contributed by atoms with Crippen LogP contribution in [-0.2, 0) is 18.5 Å². The first-order valence-corrected chi connectivity index (χ1v) is 8.59. The molecular formula is C20H24N2O. The summed E-state index contributed by atoms with van der Waals surface area (Å²) in [7, 11) is 0. The number of aromatic hydroxyl groups is 1. The number of phenolic OH excluding ortho intramolecular Hbond substituents is 1. The minimum atomic E-state index is 0.106. The van der Waals surface area contributed by atoms with E-state index in [-0.39, 0.29) is 5.54 Å². The molecular weight excluding hydrogens is 284 g/mol. The molecule has 1 fully saturated rings. The van der Waals surface area contributed by atoms with Crippen molar-refractivity contribution >= 4 is 0 Å². The average molecular weight is 308 g/mol. The summed E-state index contributed by atoms with van der Waals surface area (Å²) in [5.41, 5.74) is 4.22. The first-order valence-electron chi connectivity index (χ1n) is 8.59. The predicted octanol–water partition coefficient (Wildman–Crippen LogP) is 3.03. The van der Waals surface area contributed by atoms with Crippen molar-refractivity contribution in [2.24, 2.45) is 0 Å². The second-order valence-electron chi connectivity index (χ2n) is 6.86. The van der Waals surface area contributed by atoms with Gasteiger partial charge in [0.25, 0.3) is 0 Å². The maximum Gasteiger partial charge on any atom is 0.115 e. The number of hydrogen-bond acceptors (Lipinski definition) is 3. The molecule has 2 aromatic carbocycles. The minimum absolute atomic E-state index is 0.106. The van der Waals surface area contributed by atoms with Gasteiger partial charge in [-0.1, -0.05) is 36.4 Å². The lowest BCUT2D eigenvalue weighted by molar-refractivity contribution is 0.123. The predicted molar refractivity (Wildman–Crippen MR) is 92.4 cm³/mol. The summed E-state index contributed by atoms with van der Waals surface area (Å²) in [6, 6.07) is 16.6. The van der Waals surface area contributed by atoms with Crippen molar-refractivity contribution in [3.8, 4) is 5.75 Å². The van der Waals surface area contributed by atoms with Gasteiger partial charge in [-0.15, -0.1) is 0 Å². The van der Waals surface area contributed by atoms with Crippen LogP contribution < -0.4 is 5.32 Å². The molecule has 0 bridgehead atoms. The van der Waals surface area contributed by atoms with Crippen LogP contribution in [0.5, 0.6) is 5.75 Å². The van der Waals surface area contributed by atoms with Crippen LogP contribution in [0.3, 0.4) is 0 Å². The zero-order valence-electron chi connectivity index (χ0n) is 13.5. The third-order valence-corrected chi connectivity index (χ3v) is 5.42. The summed E-state index contributed by atoms with van der Waals surface area (Å²) in [6.45, 7) is 4.28. The normalized spacial score (nSPS) is 20.3. The smallest absolute Gasteiger partial charge is 0.115 e. The lowest BCUT2D eigenvalue weighted by atomic mass is 9.75. The molecule has 2 heterocycles. The highest BCUT2D eigenvalue weighted by Crippen LogP contribution is 2.38. The number of rotatable bonds is 2. The van der Waals surface area contributed by atoms with Gasteiger partial charge in [0.15, 0.2) is 0 Å². The maximum atomic E-state index is 9.75. The maximum absolute atomic E-state index is 9.75. The molecule has 0 saturated carbocycles. The van der Waals surface area contributed by atoms with Gasteiger partial charge >= 0.3 is 0 Å². The summed E-state index contributed by atoms with van der Waals surface area (Å²) in [5.74, 6) is 0.391. The van der Waals surface area contributed by atoms with Crippen LogP contribution in [0.2, 0.25) is 0 Å². The van der Waals surface area contributed by atoms with E-state index >= 15 is 0 Å². The van der Waals surface area contributed by atoms with E-state index in [1.165, 1.54) is 16.7 Å². The highest BCUT2D eigenvalue weighted by atomic mass is 16.3. The topological polar surface area (TPSA) is 35.5 Å². The Hall–Kier alpha value is -1.84. The van der Waals surface area contributed by atoms with E-state index in [1.54, 1.807) is 0 Å². The van der Waals surface area contributed by atoms with Crippen LogP contribution in [0.25, 0.3) is 0 Å². The fourth-order valence-electron chi connectivity index (χ4n) is 4.17. The summed E-state index contributed by atoms with van der Waals surface area (Å²) in [6.07, 6.45) is 3.29. The Labute approximate surface area is 138 Å². The van der Waals surface area contributed by atoms with E-state index in [4.69, 9.17) is 0 Å². The molecule has 1 spiro atoms. The van der Waals surface area contributed by atoms with Crippen molar-refractivity contribution in [1.82, 2.24) is 10.2 Å². The lowest BCUT2D eigenvalue weighted by Crippen LogP contribution is -2.53. The van der Waals surface area contributed by atoms with E-state index in [1.807, 2.05) is 12.1 Å². The van der Waals surface area contributed by atoms with Crippen LogP contribution in [0.15, 0.2) is 48.5 Å². The van der Waals surface area contributed by atoms with E-state index in [0.29, 0.717) is 5.75 Å². The zero-order chi connectivity index (χ0) is 15.7. The Kier molecular flexibility index (Phi) is 3.83. The van der Waals surface area contributed by atoms with Gasteiger partial charge in [0.05, 0.1) is 0 Å². The second kappa shape index (κ2) is 5.99. The molecule has 0 atom stereocenters. The number of hydrogen-bond donors (Lipinski definition) is 2. The first-order chi connectivity index (χ1) is 11.3. The Balaban J connectivity index is 1.49. The Morgan fingerprint density at radius 2 is 1.83 bits per heavy atom. The fourth-order valence-corrected chi connectivity index (χ4v) is 4.17. The Bertz CT molecular complexity index is 675. The summed E-state index contributed by atoms with van der Waals surface area (Å²) in [5, 5.41) is 13.5. The standard InChI is InChI=1S/C20H24N2O/c23-18-6-7-19-17(14-18)8-11-21-20(19)9-12-22(13-10-20)15-16-4-2-1-3-5-16/h1-7,14,21,23H,8-13,15H2. The Morgan fingerprint density at radius 3 is 2.61 bits per heavy atom. The van der Waals surface area contributed by atoms with Gasteiger partial charge in [0, 0.05) is 31.7 Å². The van der Waals surface area contributed by atoms with Crippen molar-refractivity contribution in [3.63, 3.8) is 0 Å².